The van der Waals surface area contributed by atoms with Gasteiger partial charge in [0.05, 0.1) is 12.3 Å². The van der Waals surface area contributed by atoms with Gasteiger partial charge in [0, 0.05) is 19.2 Å². The number of hydrogen-bond donors (Lipinski definition) is 1. The number of benzene rings is 1. The van der Waals surface area contributed by atoms with Crippen molar-refractivity contribution in [2.24, 2.45) is 0 Å². The third-order valence-electron chi connectivity index (χ3n) is 2.41. The van der Waals surface area contributed by atoms with Crippen molar-refractivity contribution < 1.29 is 9.13 Å². The van der Waals surface area contributed by atoms with Gasteiger partial charge >= 0.3 is 0 Å². The molecule has 0 atom stereocenters. The number of methoxy groups -OCH3 is 1. The van der Waals surface area contributed by atoms with Gasteiger partial charge in [-0.1, -0.05) is 0 Å². The van der Waals surface area contributed by atoms with Crippen LogP contribution in [0.15, 0.2) is 24.5 Å². The zero-order valence-corrected chi connectivity index (χ0v) is 9.43. The molecule has 17 heavy (non-hydrogen) atoms. The quantitative estimate of drug-likeness (QED) is 0.813. The number of nitrogens with two attached hydrogens (primary N) is 1. The highest BCUT2D eigenvalue weighted by Crippen LogP contribution is 2.20. The van der Waals surface area contributed by atoms with E-state index >= 15 is 0 Å². The van der Waals surface area contributed by atoms with Gasteiger partial charge in [0.25, 0.3) is 0 Å². The van der Waals surface area contributed by atoms with E-state index in [1.165, 1.54) is 12.1 Å². The van der Waals surface area contributed by atoms with E-state index in [1.807, 2.05) is 0 Å². The minimum Gasteiger partial charge on any atom is -0.396 e. The average Bonchev–Trinajstić information content (AvgIpc) is 2.78. The van der Waals surface area contributed by atoms with Crippen molar-refractivity contribution in [1.82, 2.24) is 14.8 Å². The van der Waals surface area contributed by atoms with Crippen molar-refractivity contribution >= 4 is 5.69 Å². The van der Waals surface area contributed by atoms with E-state index in [0.717, 1.165) is 0 Å². The predicted octanol–water partition coefficient (Wildman–Crippen LogP) is 1.31. The topological polar surface area (TPSA) is 66.0 Å². The lowest BCUT2D eigenvalue weighted by molar-refractivity contribution is 0.187. The minimum atomic E-state index is -0.455. The van der Waals surface area contributed by atoms with Crippen molar-refractivity contribution in [2.75, 3.05) is 19.5 Å². The highest BCUT2D eigenvalue weighted by Gasteiger charge is 2.09. The summed E-state index contributed by atoms with van der Waals surface area (Å²) in [5, 5.41) is 7.77. The maximum absolute atomic E-state index is 13.3. The summed E-state index contributed by atoms with van der Waals surface area (Å²) < 4.78 is 20.1. The molecule has 0 unspecified atom stereocenters. The molecule has 6 heteroatoms. The van der Waals surface area contributed by atoms with E-state index in [1.54, 1.807) is 24.1 Å². The van der Waals surface area contributed by atoms with Crippen molar-refractivity contribution in [2.45, 2.75) is 6.54 Å². The van der Waals surface area contributed by atoms with E-state index in [9.17, 15) is 4.39 Å². The fourth-order valence-corrected chi connectivity index (χ4v) is 1.50. The van der Waals surface area contributed by atoms with Gasteiger partial charge in [-0.3, -0.25) is 0 Å². The number of aromatic nitrogens is 3. The van der Waals surface area contributed by atoms with E-state index in [4.69, 9.17) is 10.5 Å². The van der Waals surface area contributed by atoms with Crippen molar-refractivity contribution in [3.63, 3.8) is 0 Å². The zero-order chi connectivity index (χ0) is 12.3. The van der Waals surface area contributed by atoms with E-state index in [-0.39, 0.29) is 5.69 Å². The lowest BCUT2D eigenvalue weighted by Gasteiger charge is -2.06. The number of nitrogen functional groups attached to an aromatic ring is 1. The normalized spacial score (nSPS) is 10.7. The van der Waals surface area contributed by atoms with Gasteiger partial charge in [0.2, 0.25) is 0 Å². The highest BCUT2D eigenvalue weighted by atomic mass is 19.1. The summed E-state index contributed by atoms with van der Waals surface area (Å²) in [6.07, 6.45) is 1.59. The first-order valence-electron chi connectivity index (χ1n) is 5.14. The second-order valence-corrected chi connectivity index (χ2v) is 3.58. The second kappa shape index (κ2) is 4.92. The van der Waals surface area contributed by atoms with Crippen LogP contribution in [0, 0.1) is 5.82 Å². The summed E-state index contributed by atoms with van der Waals surface area (Å²) in [6, 6.07) is 4.58. The molecule has 0 aliphatic rings. The molecule has 0 bridgehead atoms. The van der Waals surface area contributed by atoms with Crippen molar-refractivity contribution in [1.29, 1.82) is 0 Å². The van der Waals surface area contributed by atoms with Gasteiger partial charge in [-0.05, 0) is 18.2 Å². The van der Waals surface area contributed by atoms with Gasteiger partial charge in [-0.25, -0.2) is 4.39 Å². The summed E-state index contributed by atoms with van der Waals surface area (Å²) in [5.41, 5.74) is 6.19. The Kier molecular flexibility index (Phi) is 3.34. The Morgan fingerprint density at radius 3 is 3.00 bits per heavy atom. The van der Waals surface area contributed by atoms with E-state index in [2.05, 4.69) is 10.2 Å². The number of anilines is 1. The molecule has 0 fully saturated rings. The van der Waals surface area contributed by atoms with Crippen LogP contribution < -0.4 is 5.73 Å². The molecule has 2 N–H and O–H groups in total. The van der Waals surface area contributed by atoms with Gasteiger partial charge in [0.1, 0.15) is 12.1 Å². The summed E-state index contributed by atoms with van der Waals surface area (Å²) >= 11 is 0. The molecule has 0 aliphatic carbocycles. The standard InChI is InChI=1S/C11H13FN4O/c1-17-5-4-16-7-14-15-11(16)8-2-3-10(13)9(12)6-8/h2-3,6-7H,4-5,13H2,1H3. The Bertz CT molecular complexity index is 512. The molecule has 2 rings (SSSR count). The number of ether oxygens (including phenoxy) is 1. The number of hydrogen-bond acceptors (Lipinski definition) is 4. The molecule has 90 valence electrons. The van der Waals surface area contributed by atoms with Crippen LogP contribution in [0.3, 0.4) is 0 Å². The predicted molar refractivity (Wildman–Crippen MR) is 61.7 cm³/mol. The summed E-state index contributed by atoms with van der Waals surface area (Å²) in [7, 11) is 1.62. The zero-order valence-electron chi connectivity index (χ0n) is 9.43. The number of nitrogens with zero attached hydrogens (tertiary/aromatic N) is 3. The molecular weight excluding hydrogens is 223 g/mol. The SMILES string of the molecule is COCCn1cnnc1-c1ccc(N)c(F)c1. The van der Waals surface area contributed by atoms with Crippen LogP contribution in [0.5, 0.6) is 0 Å². The molecule has 1 aromatic heterocycles. The molecule has 5 nitrogen and oxygen atoms in total. The largest absolute Gasteiger partial charge is 0.396 e. The minimum absolute atomic E-state index is 0.122. The Balaban J connectivity index is 2.32. The molecule has 0 radical (unpaired) electrons. The molecule has 0 amide bonds. The molecule has 0 aliphatic heterocycles. The lowest BCUT2D eigenvalue weighted by atomic mass is 10.2. The third kappa shape index (κ3) is 2.42. The van der Waals surface area contributed by atoms with Crippen LogP contribution in [0.1, 0.15) is 0 Å². The molecule has 2 aromatic rings. The highest BCUT2D eigenvalue weighted by molar-refractivity contribution is 5.59. The van der Waals surface area contributed by atoms with Gasteiger partial charge in [-0.15, -0.1) is 10.2 Å². The first kappa shape index (κ1) is 11.5. The first-order valence-corrected chi connectivity index (χ1v) is 5.14. The smallest absolute Gasteiger partial charge is 0.163 e. The van der Waals surface area contributed by atoms with Crippen molar-refractivity contribution in [3.05, 3.63) is 30.3 Å². The first-order chi connectivity index (χ1) is 8.22. The van der Waals surface area contributed by atoms with Crippen LogP contribution in [0.4, 0.5) is 10.1 Å². The number of rotatable bonds is 4. The monoisotopic (exact) mass is 236 g/mol. The van der Waals surface area contributed by atoms with Gasteiger partial charge < -0.3 is 15.0 Å². The average molecular weight is 236 g/mol. The van der Waals surface area contributed by atoms with Crippen molar-refractivity contribution in [3.8, 4) is 11.4 Å². The van der Waals surface area contributed by atoms with Crippen LogP contribution in [0.25, 0.3) is 11.4 Å². The Hall–Kier alpha value is -1.95. The van der Waals surface area contributed by atoms with Crippen LogP contribution in [0.2, 0.25) is 0 Å². The summed E-state index contributed by atoms with van der Waals surface area (Å²) in [5.74, 6) is 0.143. The third-order valence-corrected chi connectivity index (χ3v) is 2.41. The van der Waals surface area contributed by atoms with Crippen LogP contribution in [-0.2, 0) is 11.3 Å². The summed E-state index contributed by atoms with van der Waals surface area (Å²) in [6.45, 7) is 1.16. The van der Waals surface area contributed by atoms with Gasteiger partial charge in [-0.2, -0.15) is 0 Å². The fraction of sp³-hybridized carbons (Fsp3) is 0.273. The fourth-order valence-electron chi connectivity index (χ4n) is 1.50. The molecule has 0 saturated heterocycles. The van der Waals surface area contributed by atoms with E-state index < -0.39 is 5.82 Å². The summed E-state index contributed by atoms with van der Waals surface area (Å²) in [4.78, 5) is 0. The Morgan fingerprint density at radius 2 is 2.29 bits per heavy atom. The molecule has 0 spiro atoms. The Labute approximate surface area is 98.0 Å². The lowest BCUT2D eigenvalue weighted by Crippen LogP contribution is -2.05. The van der Waals surface area contributed by atoms with Crippen LogP contribution >= 0.6 is 0 Å². The van der Waals surface area contributed by atoms with Crippen LogP contribution in [-0.4, -0.2) is 28.5 Å². The van der Waals surface area contributed by atoms with Gasteiger partial charge in [0.15, 0.2) is 5.82 Å². The molecule has 0 saturated carbocycles. The molecule has 1 aromatic carbocycles. The number of halogens is 1. The van der Waals surface area contributed by atoms with E-state index in [0.29, 0.717) is 24.5 Å². The Morgan fingerprint density at radius 1 is 1.47 bits per heavy atom. The molecular formula is C11H13FN4O. The second-order valence-electron chi connectivity index (χ2n) is 3.58. The maximum atomic E-state index is 13.3. The maximum Gasteiger partial charge on any atom is 0.163 e. The molecule has 1 heterocycles.